The molecule has 2 rings (SSSR count). The Morgan fingerprint density at radius 1 is 1.60 bits per heavy atom. The molecule has 2 heterocycles. The van der Waals surface area contributed by atoms with Gasteiger partial charge in [-0.2, -0.15) is 0 Å². The van der Waals surface area contributed by atoms with Gasteiger partial charge in [0.15, 0.2) is 0 Å². The van der Waals surface area contributed by atoms with Crippen LogP contribution in [0.25, 0.3) is 0 Å². The van der Waals surface area contributed by atoms with Crippen molar-refractivity contribution >= 4 is 27.7 Å². The van der Waals surface area contributed by atoms with Crippen molar-refractivity contribution < 1.29 is 9.53 Å². The zero-order valence-corrected chi connectivity index (χ0v) is 9.45. The molecular formula is C10H9BrN2O2. The number of halogens is 1. The fourth-order valence-electron chi connectivity index (χ4n) is 1.22. The van der Waals surface area contributed by atoms with Crippen LogP contribution in [0.2, 0.25) is 0 Å². The number of hydrogen-bond acceptors (Lipinski definition) is 4. The van der Waals surface area contributed by atoms with Gasteiger partial charge in [-0.1, -0.05) is 15.9 Å². The van der Waals surface area contributed by atoms with Gasteiger partial charge in [0.05, 0.1) is 12.2 Å². The van der Waals surface area contributed by atoms with Gasteiger partial charge in [0.25, 0.3) is 0 Å². The maximum Gasteiger partial charge on any atom is 0.335 e. The minimum absolute atomic E-state index is 0.252. The molecule has 1 saturated heterocycles. The maximum absolute atomic E-state index is 11.1. The van der Waals surface area contributed by atoms with Gasteiger partial charge < -0.3 is 10.1 Å². The summed E-state index contributed by atoms with van der Waals surface area (Å²) in [5.74, 6) is 0.439. The predicted molar refractivity (Wildman–Crippen MR) is 59.2 cm³/mol. The largest absolute Gasteiger partial charge is 0.462 e. The summed E-state index contributed by atoms with van der Waals surface area (Å²) in [5, 5.41) is 2.95. The molecule has 0 aliphatic carbocycles. The number of carbonyl (C=O) groups excluding carboxylic acids is 1. The lowest BCUT2D eigenvalue weighted by atomic mass is 10.2. The Hall–Kier alpha value is -1.36. The zero-order valence-electron chi connectivity index (χ0n) is 7.87. The number of nitrogens with zero attached hydrogens (tertiary/aromatic N) is 1. The Balaban J connectivity index is 2.06. The average molecular weight is 269 g/mol. The predicted octanol–water partition coefficient (Wildman–Crippen LogP) is 2.09. The number of pyridine rings is 1. The van der Waals surface area contributed by atoms with Gasteiger partial charge in [0, 0.05) is 23.3 Å². The van der Waals surface area contributed by atoms with Crippen LogP contribution < -0.4 is 5.32 Å². The van der Waals surface area contributed by atoms with Crippen LogP contribution in [0.5, 0.6) is 0 Å². The van der Waals surface area contributed by atoms with E-state index in [0.29, 0.717) is 24.4 Å². The third-order valence-electron chi connectivity index (χ3n) is 1.98. The van der Waals surface area contributed by atoms with Gasteiger partial charge in [-0.05, 0) is 12.1 Å². The third kappa shape index (κ3) is 2.56. The number of carbonyl (C=O) groups is 1. The highest BCUT2D eigenvalue weighted by atomic mass is 79.9. The number of hydrogen-bond donors (Lipinski definition) is 1. The number of nitrogens with one attached hydrogen (secondary N) is 1. The molecule has 1 fully saturated rings. The highest BCUT2D eigenvalue weighted by Crippen LogP contribution is 2.15. The highest BCUT2D eigenvalue weighted by molar-refractivity contribution is 9.10. The maximum atomic E-state index is 11.1. The summed E-state index contributed by atoms with van der Waals surface area (Å²) in [6.07, 6.45) is 3.97. The van der Waals surface area contributed by atoms with Crippen molar-refractivity contribution in [2.24, 2.45) is 0 Å². The van der Waals surface area contributed by atoms with E-state index in [0.717, 1.165) is 4.47 Å². The van der Waals surface area contributed by atoms with Crippen LogP contribution in [0.3, 0.4) is 0 Å². The molecule has 1 aliphatic heterocycles. The summed E-state index contributed by atoms with van der Waals surface area (Å²) in [6.45, 7) is 0.470. The second-order valence-corrected chi connectivity index (χ2v) is 3.97. The molecule has 0 radical (unpaired) electrons. The first-order valence-electron chi connectivity index (χ1n) is 4.50. The summed E-state index contributed by atoms with van der Waals surface area (Å²) in [6, 6.07) is 3.67. The van der Waals surface area contributed by atoms with Crippen LogP contribution in [0.15, 0.2) is 34.6 Å². The summed E-state index contributed by atoms with van der Waals surface area (Å²) in [4.78, 5) is 15.2. The van der Waals surface area contributed by atoms with Crippen LogP contribution in [-0.2, 0) is 9.53 Å². The van der Waals surface area contributed by atoms with Crippen LogP contribution in [-0.4, -0.2) is 17.6 Å². The van der Waals surface area contributed by atoms with Crippen molar-refractivity contribution in [2.45, 2.75) is 6.42 Å². The van der Waals surface area contributed by atoms with Crippen LogP contribution in [0, 0.1) is 0 Å². The number of cyclic esters (lactones) is 1. The van der Waals surface area contributed by atoms with E-state index in [1.165, 1.54) is 0 Å². The molecule has 0 saturated carbocycles. The first kappa shape index (κ1) is 10.2. The van der Waals surface area contributed by atoms with Crippen LogP contribution >= 0.6 is 15.9 Å². The molecule has 0 spiro atoms. The molecule has 0 unspecified atom stereocenters. The smallest absolute Gasteiger partial charge is 0.335 e. The molecule has 0 amide bonds. The van der Waals surface area contributed by atoms with E-state index in [9.17, 15) is 4.79 Å². The Bertz CT molecular complexity index is 418. The lowest BCUT2D eigenvalue weighted by Crippen LogP contribution is -1.99. The number of esters is 1. The monoisotopic (exact) mass is 268 g/mol. The normalized spacial score (nSPS) is 17.9. The summed E-state index contributed by atoms with van der Waals surface area (Å²) in [5.41, 5.74) is 0.650. The first-order chi connectivity index (χ1) is 7.25. The highest BCUT2D eigenvalue weighted by Gasteiger charge is 2.17. The van der Waals surface area contributed by atoms with Crippen molar-refractivity contribution in [3.63, 3.8) is 0 Å². The lowest BCUT2D eigenvalue weighted by Gasteiger charge is -2.00. The van der Waals surface area contributed by atoms with E-state index in [4.69, 9.17) is 4.74 Å². The molecule has 5 heteroatoms. The number of anilines is 1. The fourth-order valence-corrected chi connectivity index (χ4v) is 1.56. The lowest BCUT2D eigenvalue weighted by molar-refractivity contribution is -0.135. The summed E-state index contributed by atoms with van der Waals surface area (Å²) in [7, 11) is 0. The minimum Gasteiger partial charge on any atom is -0.462 e. The fraction of sp³-hybridized carbons (Fsp3) is 0.200. The molecule has 0 aromatic carbocycles. The second kappa shape index (κ2) is 4.44. The molecule has 1 aromatic heterocycles. The van der Waals surface area contributed by atoms with Crippen molar-refractivity contribution in [3.05, 3.63) is 34.6 Å². The quantitative estimate of drug-likeness (QED) is 0.659. The van der Waals surface area contributed by atoms with E-state index < -0.39 is 0 Å². The standard InChI is InChI=1S/C10H9BrN2O2/c11-8-1-3-12-9(5-8)13-6-7-2-4-15-10(7)14/h1,3,5-6H,2,4H2,(H,12,13). The Morgan fingerprint density at radius 2 is 2.47 bits per heavy atom. The van der Waals surface area contributed by atoms with E-state index in [-0.39, 0.29) is 5.97 Å². The number of rotatable bonds is 2. The summed E-state index contributed by atoms with van der Waals surface area (Å²) < 4.78 is 5.74. The minimum atomic E-state index is -0.252. The second-order valence-electron chi connectivity index (χ2n) is 3.06. The van der Waals surface area contributed by atoms with Gasteiger partial charge in [-0.15, -0.1) is 0 Å². The van der Waals surface area contributed by atoms with Crippen LogP contribution in [0.4, 0.5) is 5.82 Å². The van der Waals surface area contributed by atoms with E-state index in [2.05, 4.69) is 26.2 Å². The van der Waals surface area contributed by atoms with Gasteiger partial charge >= 0.3 is 5.97 Å². The molecule has 1 aromatic rings. The van der Waals surface area contributed by atoms with E-state index in [1.54, 1.807) is 12.4 Å². The summed E-state index contributed by atoms with van der Waals surface area (Å²) >= 11 is 3.34. The zero-order chi connectivity index (χ0) is 10.7. The molecule has 78 valence electrons. The Morgan fingerprint density at radius 3 is 3.13 bits per heavy atom. The Labute approximate surface area is 95.5 Å². The molecule has 0 atom stereocenters. The average Bonchev–Trinajstić information content (AvgIpc) is 2.61. The number of aromatic nitrogens is 1. The molecule has 1 N–H and O–H groups in total. The van der Waals surface area contributed by atoms with Crippen molar-refractivity contribution in [1.29, 1.82) is 0 Å². The topological polar surface area (TPSA) is 51.2 Å². The SMILES string of the molecule is O=C1OCCC1=CNc1cc(Br)ccn1. The van der Waals surface area contributed by atoms with Gasteiger partial charge in [-0.25, -0.2) is 9.78 Å². The van der Waals surface area contributed by atoms with Crippen LogP contribution in [0.1, 0.15) is 6.42 Å². The Kier molecular flexibility index (Phi) is 3.01. The number of ether oxygens (including phenoxy) is 1. The molecule has 4 nitrogen and oxygen atoms in total. The first-order valence-corrected chi connectivity index (χ1v) is 5.29. The third-order valence-corrected chi connectivity index (χ3v) is 2.48. The van der Waals surface area contributed by atoms with Gasteiger partial charge in [-0.3, -0.25) is 0 Å². The van der Waals surface area contributed by atoms with Crippen molar-refractivity contribution in [3.8, 4) is 0 Å². The van der Waals surface area contributed by atoms with Gasteiger partial charge in [0.1, 0.15) is 5.82 Å². The van der Waals surface area contributed by atoms with Gasteiger partial charge in [0.2, 0.25) is 0 Å². The molecule has 15 heavy (non-hydrogen) atoms. The van der Waals surface area contributed by atoms with Crippen molar-refractivity contribution in [1.82, 2.24) is 4.98 Å². The molecule has 0 bridgehead atoms. The molecular weight excluding hydrogens is 260 g/mol. The molecule has 1 aliphatic rings. The van der Waals surface area contributed by atoms with E-state index in [1.807, 2.05) is 12.1 Å². The van der Waals surface area contributed by atoms with Crippen molar-refractivity contribution in [2.75, 3.05) is 11.9 Å². The van der Waals surface area contributed by atoms with E-state index >= 15 is 0 Å².